The van der Waals surface area contributed by atoms with Crippen LogP contribution < -0.4 is 10.2 Å². The molecule has 0 saturated heterocycles. The van der Waals surface area contributed by atoms with Crippen LogP contribution in [0.4, 0.5) is 5.82 Å². The predicted molar refractivity (Wildman–Crippen MR) is 93.8 cm³/mol. The predicted octanol–water partition coefficient (Wildman–Crippen LogP) is 4.36. The maximum absolute atomic E-state index is 4.66. The van der Waals surface area contributed by atoms with Crippen molar-refractivity contribution in [2.75, 3.05) is 18.5 Å². The van der Waals surface area contributed by atoms with Crippen molar-refractivity contribution in [1.29, 1.82) is 0 Å². The van der Waals surface area contributed by atoms with Crippen LogP contribution in [-0.2, 0) is 6.54 Å². The van der Waals surface area contributed by atoms with Gasteiger partial charge in [-0.1, -0.05) is 12.8 Å². The third-order valence-corrected chi connectivity index (χ3v) is 4.52. The second-order valence-corrected chi connectivity index (χ2v) is 8.19. The molecule has 3 nitrogen and oxygen atoms in total. The summed E-state index contributed by atoms with van der Waals surface area (Å²) < 4.78 is 1.05. The molecule has 0 aromatic carbocycles. The first-order valence-corrected chi connectivity index (χ1v) is 8.75. The SMILES string of the molecule is CN(CC1CCCC1)c1ncc(Br)cc1CNC(C)(C)C. The molecule has 21 heavy (non-hydrogen) atoms. The molecule has 1 heterocycles. The van der Waals surface area contributed by atoms with Gasteiger partial charge in [0.1, 0.15) is 5.82 Å². The fourth-order valence-electron chi connectivity index (χ4n) is 2.97. The van der Waals surface area contributed by atoms with E-state index in [2.05, 4.69) is 65.0 Å². The summed E-state index contributed by atoms with van der Waals surface area (Å²) in [5, 5.41) is 3.57. The number of hydrogen-bond acceptors (Lipinski definition) is 3. The molecule has 0 aliphatic heterocycles. The van der Waals surface area contributed by atoms with Gasteiger partial charge in [0.2, 0.25) is 0 Å². The minimum atomic E-state index is 0.115. The van der Waals surface area contributed by atoms with Crippen molar-refractivity contribution in [1.82, 2.24) is 10.3 Å². The van der Waals surface area contributed by atoms with Gasteiger partial charge >= 0.3 is 0 Å². The summed E-state index contributed by atoms with van der Waals surface area (Å²) in [7, 11) is 2.18. The maximum Gasteiger partial charge on any atom is 0.132 e. The monoisotopic (exact) mass is 353 g/mol. The van der Waals surface area contributed by atoms with Gasteiger partial charge in [-0.15, -0.1) is 0 Å². The second kappa shape index (κ2) is 7.10. The highest BCUT2D eigenvalue weighted by Crippen LogP contribution is 2.28. The number of nitrogens with one attached hydrogen (secondary N) is 1. The Morgan fingerprint density at radius 1 is 1.33 bits per heavy atom. The van der Waals surface area contributed by atoms with E-state index < -0.39 is 0 Å². The van der Waals surface area contributed by atoms with Crippen molar-refractivity contribution in [3.8, 4) is 0 Å². The maximum atomic E-state index is 4.66. The summed E-state index contributed by atoms with van der Waals surface area (Å²) >= 11 is 3.55. The number of aromatic nitrogens is 1. The molecule has 1 N–H and O–H groups in total. The van der Waals surface area contributed by atoms with E-state index >= 15 is 0 Å². The molecule has 4 heteroatoms. The summed E-state index contributed by atoms with van der Waals surface area (Å²) in [6.45, 7) is 8.55. The van der Waals surface area contributed by atoms with E-state index in [-0.39, 0.29) is 5.54 Å². The van der Waals surface area contributed by atoms with E-state index in [1.54, 1.807) is 0 Å². The Balaban J connectivity index is 2.09. The van der Waals surface area contributed by atoms with Crippen molar-refractivity contribution < 1.29 is 0 Å². The van der Waals surface area contributed by atoms with E-state index in [0.29, 0.717) is 0 Å². The van der Waals surface area contributed by atoms with Crippen LogP contribution in [0, 0.1) is 5.92 Å². The van der Waals surface area contributed by atoms with Crippen molar-refractivity contribution in [3.63, 3.8) is 0 Å². The molecule has 1 aliphatic rings. The first-order chi connectivity index (χ1) is 9.85. The highest BCUT2D eigenvalue weighted by molar-refractivity contribution is 9.10. The molecule has 1 aliphatic carbocycles. The lowest BCUT2D eigenvalue weighted by molar-refractivity contribution is 0.423. The average Bonchev–Trinajstić information content (AvgIpc) is 2.88. The molecule has 0 unspecified atom stereocenters. The standard InChI is InChI=1S/C17H28BrN3/c1-17(2,3)20-10-14-9-15(18)11-19-16(14)21(4)12-13-7-5-6-8-13/h9,11,13,20H,5-8,10,12H2,1-4H3. The van der Waals surface area contributed by atoms with E-state index in [4.69, 9.17) is 0 Å². The first-order valence-electron chi connectivity index (χ1n) is 7.96. The highest BCUT2D eigenvalue weighted by Gasteiger charge is 2.19. The van der Waals surface area contributed by atoms with Crippen LogP contribution >= 0.6 is 15.9 Å². The van der Waals surface area contributed by atoms with Gasteiger partial charge in [-0.05, 0) is 61.5 Å². The van der Waals surface area contributed by atoms with Crippen LogP contribution in [0.15, 0.2) is 16.7 Å². The Kier molecular flexibility index (Phi) is 5.67. The number of halogens is 1. The van der Waals surface area contributed by atoms with Crippen molar-refractivity contribution >= 4 is 21.7 Å². The van der Waals surface area contributed by atoms with Gasteiger partial charge in [0.15, 0.2) is 0 Å². The Morgan fingerprint density at radius 3 is 2.62 bits per heavy atom. The summed E-state index contributed by atoms with van der Waals surface area (Å²) in [6.07, 6.45) is 7.43. The number of pyridine rings is 1. The number of anilines is 1. The van der Waals surface area contributed by atoms with Crippen molar-refractivity contribution in [2.24, 2.45) is 5.92 Å². The van der Waals surface area contributed by atoms with E-state index in [0.717, 1.165) is 29.3 Å². The van der Waals surface area contributed by atoms with Gasteiger partial charge in [-0.3, -0.25) is 0 Å². The Hall–Kier alpha value is -0.610. The molecule has 1 fully saturated rings. The van der Waals surface area contributed by atoms with E-state index in [9.17, 15) is 0 Å². The van der Waals surface area contributed by atoms with Crippen molar-refractivity contribution in [3.05, 3.63) is 22.3 Å². The lowest BCUT2D eigenvalue weighted by Crippen LogP contribution is -2.36. The average molecular weight is 354 g/mol. The number of rotatable bonds is 5. The molecule has 0 radical (unpaired) electrons. The van der Waals surface area contributed by atoms with Gasteiger partial charge in [0.05, 0.1) is 0 Å². The van der Waals surface area contributed by atoms with E-state index in [1.165, 1.54) is 31.2 Å². The minimum absolute atomic E-state index is 0.115. The first kappa shape index (κ1) is 16.8. The van der Waals surface area contributed by atoms with Gasteiger partial charge in [0.25, 0.3) is 0 Å². The van der Waals surface area contributed by atoms with Crippen LogP contribution in [-0.4, -0.2) is 24.1 Å². The largest absolute Gasteiger partial charge is 0.359 e. The highest BCUT2D eigenvalue weighted by atomic mass is 79.9. The summed E-state index contributed by atoms with van der Waals surface area (Å²) in [6, 6.07) is 2.19. The lowest BCUT2D eigenvalue weighted by atomic mass is 10.1. The smallest absolute Gasteiger partial charge is 0.132 e. The van der Waals surface area contributed by atoms with Gasteiger partial charge in [0, 0.05) is 41.9 Å². The molecule has 2 rings (SSSR count). The number of nitrogens with zero attached hydrogens (tertiary/aromatic N) is 2. The molecular weight excluding hydrogens is 326 g/mol. The Labute approximate surface area is 137 Å². The number of hydrogen-bond donors (Lipinski definition) is 1. The lowest BCUT2D eigenvalue weighted by Gasteiger charge is -2.26. The van der Waals surface area contributed by atoms with Crippen LogP contribution in [0.3, 0.4) is 0 Å². The zero-order valence-corrected chi connectivity index (χ0v) is 15.3. The van der Waals surface area contributed by atoms with Gasteiger partial charge < -0.3 is 10.2 Å². The molecule has 0 amide bonds. The van der Waals surface area contributed by atoms with E-state index in [1.807, 2.05) is 6.20 Å². The quantitative estimate of drug-likeness (QED) is 0.852. The zero-order valence-electron chi connectivity index (χ0n) is 13.7. The summed E-state index contributed by atoms with van der Waals surface area (Å²) in [5.74, 6) is 1.95. The minimum Gasteiger partial charge on any atom is -0.359 e. The molecule has 118 valence electrons. The molecule has 1 saturated carbocycles. The van der Waals surface area contributed by atoms with Gasteiger partial charge in [-0.2, -0.15) is 0 Å². The molecular formula is C17H28BrN3. The third kappa shape index (κ3) is 5.26. The fourth-order valence-corrected chi connectivity index (χ4v) is 3.35. The van der Waals surface area contributed by atoms with Gasteiger partial charge in [-0.25, -0.2) is 4.98 Å². The molecule has 0 bridgehead atoms. The molecule has 0 spiro atoms. The summed E-state index contributed by atoms with van der Waals surface area (Å²) in [5.41, 5.74) is 1.38. The summed E-state index contributed by atoms with van der Waals surface area (Å²) in [4.78, 5) is 7.00. The van der Waals surface area contributed by atoms with Crippen LogP contribution in [0.2, 0.25) is 0 Å². The second-order valence-electron chi connectivity index (χ2n) is 7.27. The van der Waals surface area contributed by atoms with Crippen LogP contribution in [0.1, 0.15) is 52.0 Å². The van der Waals surface area contributed by atoms with Crippen LogP contribution in [0.25, 0.3) is 0 Å². The molecule has 1 aromatic rings. The molecule has 0 atom stereocenters. The van der Waals surface area contributed by atoms with Crippen LogP contribution in [0.5, 0.6) is 0 Å². The Bertz CT molecular complexity index is 462. The fraction of sp³-hybridized carbons (Fsp3) is 0.706. The topological polar surface area (TPSA) is 28.2 Å². The normalized spacial score (nSPS) is 16.4. The molecule has 1 aromatic heterocycles. The zero-order chi connectivity index (χ0) is 15.5. The van der Waals surface area contributed by atoms with Crippen molar-refractivity contribution in [2.45, 2.75) is 58.5 Å². The Morgan fingerprint density at radius 2 is 2.00 bits per heavy atom. The third-order valence-electron chi connectivity index (χ3n) is 4.09.